The van der Waals surface area contributed by atoms with Crippen molar-refractivity contribution in [3.8, 4) is 0 Å². The monoisotopic (exact) mass is 442 g/mol. The summed E-state index contributed by atoms with van der Waals surface area (Å²) in [5.74, 6) is 0. The third-order valence-electron chi connectivity index (χ3n) is 5.11. The fourth-order valence-electron chi connectivity index (χ4n) is 3.60. The Bertz CT molecular complexity index is 1080. The molecule has 0 aliphatic rings. The average molecular weight is 443 g/mol. The van der Waals surface area contributed by atoms with Crippen molar-refractivity contribution in [1.29, 1.82) is 0 Å². The summed E-state index contributed by atoms with van der Waals surface area (Å²) < 4.78 is 3.69. The topological polar surface area (TPSA) is 113 Å². The van der Waals surface area contributed by atoms with Crippen LogP contribution >= 0.6 is 0 Å². The minimum absolute atomic E-state index is 0.453. The van der Waals surface area contributed by atoms with Gasteiger partial charge in [0.1, 0.15) is 0 Å². The van der Waals surface area contributed by atoms with Crippen molar-refractivity contribution < 1.29 is 0 Å². The minimum Gasteiger partial charge on any atom is -0.291 e. The molecule has 0 unspecified atom stereocenters. The van der Waals surface area contributed by atoms with E-state index in [0.29, 0.717) is 32.7 Å². The Balaban J connectivity index is 1.39. The zero-order valence-corrected chi connectivity index (χ0v) is 18.4. The highest BCUT2D eigenvalue weighted by molar-refractivity contribution is 5.15. The van der Waals surface area contributed by atoms with E-state index in [9.17, 15) is 0 Å². The van der Waals surface area contributed by atoms with E-state index in [1.165, 1.54) is 11.1 Å². The quantitative estimate of drug-likeness (QED) is 0.144. The summed E-state index contributed by atoms with van der Waals surface area (Å²) in [5, 5.41) is 20.9. The van der Waals surface area contributed by atoms with Crippen molar-refractivity contribution in [2.45, 2.75) is 32.6 Å². The van der Waals surface area contributed by atoms with Gasteiger partial charge in [-0.2, -0.15) is 0 Å². The zero-order chi connectivity index (χ0) is 22.7. The maximum Gasteiger partial charge on any atom is 0.0967 e. The summed E-state index contributed by atoms with van der Waals surface area (Å²) in [6, 6.07) is 20.4. The van der Waals surface area contributed by atoms with Gasteiger partial charge in [0.05, 0.1) is 36.9 Å². The highest BCUT2D eigenvalue weighted by Gasteiger charge is 2.13. The van der Waals surface area contributed by atoms with E-state index in [2.05, 4.69) is 59.8 Å². The Morgan fingerprint density at radius 3 is 1.79 bits per heavy atom. The van der Waals surface area contributed by atoms with Crippen LogP contribution in [0, 0.1) is 0 Å². The van der Waals surface area contributed by atoms with Crippen molar-refractivity contribution in [3.05, 3.63) is 106 Å². The molecule has 0 aliphatic carbocycles. The van der Waals surface area contributed by atoms with Gasteiger partial charge in [-0.3, -0.25) is 4.90 Å². The van der Waals surface area contributed by atoms with Gasteiger partial charge in [0.15, 0.2) is 0 Å². The van der Waals surface area contributed by atoms with Crippen molar-refractivity contribution in [3.63, 3.8) is 0 Å². The van der Waals surface area contributed by atoms with Crippen LogP contribution in [-0.4, -0.2) is 48.0 Å². The number of rotatable bonds is 12. The standard InChI is InChI=1S/C23H26N10/c24-28-25-12-7-13-31(16-22-18-32(29-26-22)14-20-8-3-1-4-9-20)17-23-19-33(30-27-23)15-21-10-5-2-6-11-21/h1-6,8-11,18-19H,7,12-17H2. The molecular formula is C23H26N10. The smallest absolute Gasteiger partial charge is 0.0967 e. The summed E-state index contributed by atoms with van der Waals surface area (Å²) in [7, 11) is 0. The van der Waals surface area contributed by atoms with Crippen LogP contribution in [0.2, 0.25) is 0 Å². The van der Waals surface area contributed by atoms with E-state index in [4.69, 9.17) is 5.53 Å². The second kappa shape index (κ2) is 11.6. The van der Waals surface area contributed by atoms with Crippen LogP contribution in [0.15, 0.2) is 78.2 Å². The first kappa shape index (κ1) is 22.2. The SMILES string of the molecule is [N-]=[N+]=NCCCN(Cc1cn(Cc2ccccc2)nn1)Cc1cn(Cc2ccccc2)nn1. The van der Waals surface area contributed by atoms with Crippen molar-refractivity contribution in [2.75, 3.05) is 13.1 Å². The number of nitrogens with zero attached hydrogens (tertiary/aromatic N) is 10. The first-order valence-corrected chi connectivity index (χ1v) is 10.9. The number of benzene rings is 2. The molecule has 0 saturated heterocycles. The van der Waals surface area contributed by atoms with Gasteiger partial charge in [-0.15, -0.1) is 10.2 Å². The molecule has 0 aliphatic heterocycles. The van der Waals surface area contributed by atoms with Gasteiger partial charge in [-0.25, -0.2) is 9.36 Å². The van der Waals surface area contributed by atoms with Crippen LogP contribution < -0.4 is 0 Å². The Morgan fingerprint density at radius 2 is 1.30 bits per heavy atom. The summed E-state index contributed by atoms with van der Waals surface area (Å²) >= 11 is 0. The average Bonchev–Trinajstić information content (AvgIpc) is 3.47. The van der Waals surface area contributed by atoms with Crippen LogP contribution in [0.1, 0.15) is 28.9 Å². The molecule has 168 valence electrons. The molecule has 0 saturated carbocycles. The lowest BCUT2D eigenvalue weighted by Gasteiger charge is -2.19. The Morgan fingerprint density at radius 1 is 0.788 bits per heavy atom. The third-order valence-corrected chi connectivity index (χ3v) is 5.11. The molecule has 4 rings (SSSR count). The largest absolute Gasteiger partial charge is 0.291 e. The molecule has 0 spiro atoms. The molecule has 0 N–H and O–H groups in total. The highest BCUT2D eigenvalue weighted by Crippen LogP contribution is 2.10. The van der Waals surface area contributed by atoms with E-state index < -0.39 is 0 Å². The van der Waals surface area contributed by atoms with E-state index in [1.54, 1.807) is 0 Å². The molecule has 10 heteroatoms. The van der Waals surface area contributed by atoms with Crippen LogP contribution in [0.4, 0.5) is 0 Å². The van der Waals surface area contributed by atoms with Crippen molar-refractivity contribution in [1.82, 2.24) is 34.9 Å². The first-order valence-electron chi connectivity index (χ1n) is 10.9. The maximum atomic E-state index is 8.55. The lowest BCUT2D eigenvalue weighted by molar-refractivity contribution is 0.249. The Labute approximate surface area is 192 Å². The fourth-order valence-corrected chi connectivity index (χ4v) is 3.60. The molecule has 4 aromatic rings. The van der Waals surface area contributed by atoms with Gasteiger partial charge in [0, 0.05) is 24.5 Å². The van der Waals surface area contributed by atoms with Crippen molar-refractivity contribution >= 4 is 0 Å². The second-order valence-electron chi connectivity index (χ2n) is 7.80. The molecule has 10 nitrogen and oxygen atoms in total. The number of azide groups is 1. The molecule has 0 atom stereocenters. The van der Waals surface area contributed by atoms with Crippen LogP contribution in [-0.2, 0) is 26.2 Å². The first-order chi connectivity index (χ1) is 16.3. The molecule has 2 heterocycles. The summed E-state index contributed by atoms with van der Waals surface area (Å²) in [5.41, 5.74) is 12.7. The molecule has 0 radical (unpaired) electrons. The van der Waals surface area contributed by atoms with Gasteiger partial charge in [0.2, 0.25) is 0 Å². The second-order valence-corrected chi connectivity index (χ2v) is 7.80. The van der Waals surface area contributed by atoms with Gasteiger partial charge in [-0.1, -0.05) is 76.2 Å². The predicted octanol–water partition coefficient (Wildman–Crippen LogP) is 3.67. The molecule has 0 amide bonds. The molecule has 0 fully saturated rings. The summed E-state index contributed by atoms with van der Waals surface area (Å²) in [6.45, 7) is 3.80. The maximum absolute atomic E-state index is 8.55. The van der Waals surface area contributed by atoms with Crippen LogP contribution in [0.5, 0.6) is 0 Å². The molecule has 2 aromatic carbocycles. The summed E-state index contributed by atoms with van der Waals surface area (Å²) in [6.07, 6.45) is 4.69. The molecular weight excluding hydrogens is 416 g/mol. The van der Waals surface area contributed by atoms with E-state index in [0.717, 1.165) is 24.4 Å². The van der Waals surface area contributed by atoms with E-state index in [1.807, 2.05) is 58.2 Å². The lowest BCUT2D eigenvalue weighted by Crippen LogP contribution is -2.25. The van der Waals surface area contributed by atoms with E-state index >= 15 is 0 Å². The van der Waals surface area contributed by atoms with Gasteiger partial charge in [0.25, 0.3) is 0 Å². The number of hydrogen-bond donors (Lipinski definition) is 0. The Hall–Kier alpha value is -4.01. The lowest BCUT2D eigenvalue weighted by atomic mass is 10.2. The van der Waals surface area contributed by atoms with Gasteiger partial charge >= 0.3 is 0 Å². The van der Waals surface area contributed by atoms with E-state index in [-0.39, 0.29) is 0 Å². The predicted molar refractivity (Wildman–Crippen MR) is 124 cm³/mol. The molecule has 2 aromatic heterocycles. The summed E-state index contributed by atoms with van der Waals surface area (Å²) in [4.78, 5) is 5.06. The highest BCUT2D eigenvalue weighted by atomic mass is 15.4. The fraction of sp³-hybridized carbons (Fsp3) is 0.304. The molecule has 0 bridgehead atoms. The minimum atomic E-state index is 0.453. The van der Waals surface area contributed by atoms with Gasteiger partial charge in [-0.05, 0) is 29.6 Å². The van der Waals surface area contributed by atoms with Gasteiger partial charge < -0.3 is 0 Å². The normalized spacial score (nSPS) is 10.9. The van der Waals surface area contributed by atoms with Crippen LogP contribution in [0.25, 0.3) is 10.4 Å². The number of aromatic nitrogens is 6. The Kier molecular flexibility index (Phi) is 7.78. The third kappa shape index (κ3) is 6.99. The van der Waals surface area contributed by atoms with Crippen LogP contribution in [0.3, 0.4) is 0 Å². The number of hydrogen-bond acceptors (Lipinski definition) is 6. The zero-order valence-electron chi connectivity index (χ0n) is 18.4. The molecule has 33 heavy (non-hydrogen) atoms. The van der Waals surface area contributed by atoms with Crippen molar-refractivity contribution in [2.24, 2.45) is 5.11 Å².